The van der Waals surface area contributed by atoms with Gasteiger partial charge in [-0.05, 0) is 23.8 Å². The number of rotatable bonds is 3. The van der Waals surface area contributed by atoms with Gasteiger partial charge in [0.1, 0.15) is 5.75 Å². The number of nitrogen functional groups attached to an aromatic ring is 1. The molecule has 0 saturated heterocycles. The van der Waals surface area contributed by atoms with Gasteiger partial charge in [-0.25, -0.2) is 0 Å². The van der Waals surface area contributed by atoms with Gasteiger partial charge in [0.05, 0.1) is 5.69 Å². The molecule has 0 amide bonds. The fourth-order valence-corrected chi connectivity index (χ4v) is 1.55. The van der Waals surface area contributed by atoms with E-state index in [0.29, 0.717) is 11.3 Å². The number of allylic oxidation sites excluding steroid dienone is 1. The maximum absolute atomic E-state index is 11.8. The number of benzene rings is 2. The highest BCUT2D eigenvalue weighted by molar-refractivity contribution is 6.06. The van der Waals surface area contributed by atoms with E-state index in [2.05, 4.69) is 0 Å². The fourth-order valence-electron chi connectivity index (χ4n) is 1.55. The molecule has 0 heterocycles. The number of aromatic hydroxyl groups is 1. The van der Waals surface area contributed by atoms with E-state index < -0.39 is 0 Å². The van der Waals surface area contributed by atoms with Gasteiger partial charge >= 0.3 is 0 Å². The minimum atomic E-state index is -0.0674. The number of nitrogens with two attached hydrogens (primary N) is 1. The van der Waals surface area contributed by atoms with E-state index >= 15 is 0 Å². The normalized spacial score (nSPS) is 10.7. The smallest absolute Gasteiger partial charge is 0.185 e. The van der Waals surface area contributed by atoms with Gasteiger partial charge in [-0.1, -0.05) is 42.5 Å². The van der Waals surface area contributed by atoms with Gasteiger partial charge in [0.2, 0.25) is 0 Å². The molecule has 0 bridgehead atoms. The largest absolute Gasteiger partial charge is 0.506 e. The molecular formula is C15H13NO2. The van der Waals surface area contributed by atoms with Crippen molar-refractivity contribution in [1.82, 2.24) is 0 Å². The number of anilines is 1. The molecule has 0 spiro atoms. The van der Waals surface area contributed by atoms with Crippen molar-refractivity contribution >= 4 is 17.5 Å². The number of carbonyl (C=O) groups is 1. The maximum Gasteiger partial charge on any atom is 0.185 e. The Balaban J connectivity index is 2.16. The molecule has 0 aliphatic heterocycles. The summed E-state index contributed by atoms with van der Waals surface area (Å²) in [5.74, 6) is -0.0243. The Bertz CT molecular complexity index is 589. The zero-order valence-electron chi connectivity index (χ0n) is 9.71. The minimum absolute atomic E-state index is 0.0431. The molecule has 90 valence electrons. The Kier molecular flexibility index (Phi) is 3.44. The molecule has 2 aromatic carbocycles. The second-order valence-electron chi connectivity index (χ2n) is 3.88. The summed E-state index contributed by atoms with van der Waals surface area (Å²) in [5, 5.41) is 9.28. The van der Waals surface area contributed by atoms with Gasteiger partial charge in [-0.2, -0.15) is 0 Å². The third-order valence-corrected chi connectivity index (χ3v) is 2.54. The summed E-state index contributed by atoms with van der Waals surface area (Å²) in [5.41, 5.74) is 7.28. The Morgan fingerprint density at radius 2 is 1.83 bits per heavy atom. The van der Waals surface area contributed by atoms with E-state index in [1.807, 2.05) is 18.2 Å². The lowest BCUT2D eigenvalue weighted by Gasteiger charge is -1.99. The number of phenols is 1. The summed E-state index contributed by atoms with van der Waals surface area (Å²) in [6.07, 6.45) is 3.16. The molecule has 0 fully saturated rings. The Hall–Kier alpha value is -2.55. The number of hydrogen-bond acceptors (Lipinski definition) is 3. The molecule has 2 aromatic rings. The van der Waals surface area contributed by atoms with Crippen molar-refractivity contribution in [3.05, 3.63) is 65.7 Å². The highest BCUT2D eigenvalue weighted by Gasteiger charge is 2.00. The van der Waals surface area contributed by atoms with E-state index in [1.165, 1.54) is 12.1 Å². The van der Waals surface area contributed by atoms with Crippen LogP contribution in [0, 0.1) is 0 Å². The molecule has 0 aliphatic carbocycles. The Morgan fingerprint density at radius 1 is 1.11 bits per heavy atom. The van der Waals surface area contributed by atoms with Crippen LogP contribution < -0.4 is 5.73 Å². The van der Waals surface area contributed by atoms with E-state index in [-0.39, 0.29) is 11.5 Å². The monoisotopic (exact) mass is 239 g/mol. The molecule has 0 unspecified atom stereocenters. The van der Waals surface area contributed by atoms with Crippen LogP contribution in [0.1, 0.15) is 15.9 Å². The molecule has 0 radical (unpaired) electrons. The average Bonchev–Trinajstić information content (AvgIpc) is 2.41. The quantitative estimate of drug-likeness (QED) is 0.374. The molecule has 2 rings (SSSR count). The second kappa shape index (κ2) is 5.19. The fraction of sp³-hybridized carbons (Fsp3) is 0. The Morgan fingerprint density at radius 3 is 2.50 bits per heavy atom. The molecule has 18 heavy (non-hydrogen) atoms. The Labute approximate surface area is 105 Å². The molecule has 0 atom stereocenters. The van der Waals surface area contributed by atoms with Crippen LogP contribution in [-0.4, -0.2) is 10.9 Å². The summed E-state index contributed by atoms with van der Waals surface area (Å²) in [6.45, 7) is 0. The van der Waals surface area contributed by atoms with Gasteiger partial charge in [-0.3, -0.25) is 4.79 Å². The summed E-state index contributed by atoms with van der Waals surface area (Å²) in [7, 11) is 0. The first-order valence-corrected chi connectivity index (χ1v) is 5.53. The summed E-state index contributed by atoms with van der Waals surface area (Å²) < 4.78 is 0. The van der Waals surface area contributed by atoms with Crippen LogP contribution in [-0.2, 0) is 0 Å². The highest BCUT2D eigenvalue weighted by atomic mass is 16.3. The van der Waals surface area contributed by atoms with Crippen molar-refractivity contribution in [2.45, 2.75) is 0 Å². The standard InChI is InChI=1S/C15H13NO2/c16-13-10-11(7-9-15(13)18)6-8-14(17)12-4-2-1-3-5-12/h1-10,18H,16H2. The lowest BCUT2D eigenvalue weighted by molar-refractivity contribution is 0.104. The van der Waals surface area contributed by atoms with E-state index in [1.54, 1.807) is 30.3 Å². The minimum Gasteiger partial charge on any atom is -0.506 e. The zero-order chi connectivity index (χ0) is 13.0. The molecule has 3 N–H and O–H groups in total. The van der Waals surface area contributed by atoms with Crippen molar-refractivity contribution in [3.63, 3.8) is 0 Å². The van der Waals surface area contributed by atoms with E-state index in [4.69, 9.17) is 5.73 Å². The summed E-state index contributed by atoms with van der Waals surface area (Å²) >= 11 is 0. The topological polar surface area (TPSA) is 63.3 Å². The van der Waals surface area contributed by atoms with Gasteiger partial charge in [0, 0.05) is 5.56 Å². The van der Waals surface area contributed by atoms with Crippen LogP contribution in [0.4, 0.5) is 5.69 Å². The molecule has 0 saturated carbocycles. The molecule has 3 nitrogen and oxygen atoms in total. The van der Waals surface area contributed by atoms with Crippen LogP contribution in [0.15, 0.2) is 54.6 Å². The SMILES string of the molecule is Nc1cc(C=CC(=O)c2ccccc2)ccc1O. The van der Waals surface area contributed by atoms with Crippen LogP contribution in [0.2, 0.25) is 0 Å². The van der Waals surface area contributed by atoms with Crippen molar-refractivity contribution in [1.29, 1.82) is 0 Å². The summed E-state index contributed by atoms with van der Waals surface area (Å²) in [6, 6.07) is 13.8. The second-order valence-corrected chi connectivity index (χ2v) is 3.88. The molecule has 0 aromatic heterocycles. The number of carbonyl (C=O) groups excluding carboxylic acids is 1. The van der Waals surface area contributed by atoms with Gasteiger partial charge in [0.15, 0.2) is 5.78 Å². The molecule has 0 aliphatic rings. The zero-order valence-corrected chi connectivity index (χ0v) is 9.71. The number of phenolic OH excluding ortho intramolecular Hbond substituents is 1. The average molecular weight is 239 g/mol. The van der Waals surface area contributed by atoms with E-state index in [0.717, 1.165) is 5.56 Å². The predicted octanol–water partition coefficient (Wildman–Crippen LogP) is 2.87. The van der Waals surface area contributed by atoms with Crippen LogP contribution in [0.5, 0.6) is 5.75 Å². The van der Waals surface area contributed by atoms with Gasteiger partial charge in [0.25, 0.3) is 0 Å². The summed E-state index contributed by atoms with van der Waals surface area (Å²) in [4.78, 5) is 11.8. The lowest BCUT2D eigenvalue weighted by Crippen LogP contribution is -1.93. The third-order valence-electron chi connectivity index (χ3n) is 2.54. The first kappa shape index (κ1) is 11.9. The maximum atomic E-state index is 11.8. The van der Waals surface area contributed by atoms with Crippen LogP contribution in [0.25, 0.3) is 6.08 Å². The lowest BCUT2D eigenvalue weighted by atomic mass is 10.1. The van der Waals surface area contributed by atoms with Crippen LogP contribution >= 0.6 is 0 Å². The number of hydrogen-bond donors (Lipinski definition) is 2. The third kappa shape index (κ3) is 2.77. The predicted molar refractivity (Wildman–Crippen MR) is 72.3 cm³/mol. The van der Waals surface area contributed by atoms with Gasteiger partial charge in [-0.15, -0.1) is 0 Å². The van der Waals surface area contributed by atoms with Crippen molar-refractivity contribution < 1.29 is 9.90 Å². The van der Waals surface area contributed by atoms with Crippen molar-refractivity contribution in [2.24, 2.45) is 0 Å². The first-order chi connectivity index (χ1) is 8.66. The first-order valence-electron chi connectivity index (χ1n) is 5.53. The molecule has 3 heteroatoms. The van der Waals surface area contributed by atoms with Crippen LogP contribution in [0.3, 0.4) is 0 Å². The number of ketones is 1. The molecular weight excluding hydrogens is 226 g/mol. The van der Waals surface area contributed by atoms with Gasteiger partial charge < -0.3 is 10.8 Å². The highest BCUT2D eigenvalue weighted by Crippen LogP contribution is 2.21. The van der Waals surface area contributed by atoms with E-state index in [9.17, 15) is 9.90 Å². The van der Waals surface area contributed by atoms with Crippen molar-refractivity contribution in [2.75, 3.05) is 5.73 Å². The van der Waals surface area contributed by atoms with Crippen molar-refractivity contribution in [3.8, 4) is 5.75 Å².